The Hall–Kier alpha value is -3.86. The smallest absolute Gasteiger partial charge is 0.314 e. The summed E-state index contributed by atoms with van der Waals surface area (Å²) in [5.41, 5.74) is 2.32. The monoisotopic (exact) mass is 512 g/mol. The van der Waals surface area contributed by atoms with Gasteiger partial charge in [0.2, 0.25) is 5.91 Å². The number of halogens is 3. The number of rotatable bonds is 5. The number of amides is 3. The molecule has 2 aromatic carbocycles. The number of fused-ring (bicyclic) bond motifs is 1. The van der Waals surface area contributed by atoms with Crippen molar-refractivity contribution in [3.05, 3.63) is 77.4 Å². The molecule has 0 aliphatic carbocycles. The molecule has 2 atom stereocenters. The summed E-state index contributed by atoms with van der Waals surface area (Å²) in [6, 6.07) is 10.6. The molecule has 194 valence electrons. The third-order valence-electron chi connectivity index (χ3n) is 7.01. The molecule has 3 heterocycles. The lowest BCUT2D eigenvalue weighted by Crippen LogP contribution is -2.47. The zero-order valence-electron chi connectivity index (χ0n) is 20.5. The van der Waals surface area contributed by atoms with Gasteiger partial charge in [0.15, 0.2) is 17.5 Å². The Morgan fingerprint density at radius 2 is 1.84 bits per heavy atom. The lowest BCUT2D eigenvalue weighted by atomic mass is 10.1. The highest BCUT2D eigenvalue weighted by molar-refractivity contribution is 5.97. The fourth-order valence-electron chi connectivity index (χ4n) is 4.92. The molecule has 0 saturated carbocycles. The van der Waals surface area contributed by atoms with Crippen LogP contribution in [0.15, 0.2) is 48.7 Å². The largest absolute Gasteiger partial charge is 0.322 e. The van der Waals surface area contributed by atoms with Crippen molar-refractivity contribution in [2.75, 3.05) is 23.8 Å². The van der Waals surface area contributed by atoms with Gasteiger partial charge in [-0.05, 0) is 19.5 Å². The van der Waals surface area contributed by atoms with E-state index in [1.807, 2.05) is 32.2 Å². The van der Waals surface area contributed by atoms with E-state index >= 15 is 0 Å². The summed E-state index contributed by atoms with van der Waals surface area (Å²) in [5.74, 6) is -4.39. The molecule has 0 bridgehead atoms. The van der Waals surface area contributed by atoms with Crippen LogP contribution in [0.3, 0.4) is 0 Å². The number of nitrogens with one attached hydrogen (secondary N) is 1. The standard InChI is InChI=1S/C26H27F3N6O2/c1-16-12-35-23(15-33(16)26(37)31-18-8-20(27)25(29)21(28)9-18)22(11-30-35)34-14-19(10-24(34)36)32(2)13-17-6-4-3-5-7-17/h3-9,11,16,19H,10,12-15H2,1-2H3,(H,31,37)/t16-,19?/m0/s1. The van der Waals surface area contributed by atoms with Crippen molar-refractivity contribution >= 4 is 23.3 Å². The summed E-state index contributed by atoms with van der Waals surface area (Å²) in [6.07, 6.45) is 2.02. The second-order valence-electron chi connectivity index (χ2n) is 9.58. The fourth-order valence-corrected chi connectivity index (χ4v) is 4.92. The number of aromatic nitrogens is 2. The molecule has 8 nitrogen and oxygen atoms in total. The van der Waals surface area contributed by atoms with Crippen LogP contribution in [-0.2, 0) is 24.4 Å². The highest BCUT2D eigenvalue weighted by Gasteiger charge is 2.37. The van der Waals surface area contributed by atoms with Crippen LogP contribution in [0.1, 0.15) is 24.6 Å². The number of carbonyl (C=O) groups excluding carboxylic acids is 2. The lowest BCUT2D eigenvalue weighted by molar-refractivity contribution is -0.117. The summed E-state index contributed by atoms with van der Waals surface area (Å²) >= 11 is 0. The molecule has 37 heavy (non-hydrogen) atoms. The first-order chi connectivity index (χ1) is 17.7. The van der Waals surface area contributed by atoms with Crippen molar-refractivity contribution in [3.63, 3.8) is 0 Å². The van der Waals surface area contributed by atoms with Crippen LogP contribution < -0.4 is 10.2 Å². The first kappa shape index (κ1) is 24.8. The Morgan fingerprint density at radius 1 is 1.14 bits per heavy atom. The predicted molar refractivity (Wildman–Crippen MR) is 131 cm³/mol. The molecule has 1 saturated heterocycles. The highest BCUT2D eigenvalue weighted by atomic mass is 19.2. The van der Waals surface area contributed by atoms with Crippen molar-refractivity contribution in [2.45, 2.75) is 45.1 Å². The van der Waals surface area contributed by atoms with E-state index < -0.39 is 23.5 Å². The van der Waals surface area contributed by atoms with Crippen molar-refractivity contribution in [1.82, 2.24) is 19.6 Å². The third kappa shape index (κ3) is 4.91. The number of urea groups is 1. The highest BCUT2D eigenvalue weighted by Crippen LogP contribution is 2.31. The molecule has 1 fully saturated rings. The van der Waals surface area contributed by atoms with Crippen LogP contribution in [-0.4, -0.2) is 57.2 Å². The molecular formula is C26H27F3N6O2. The molecule has 3 amide bonds. The van der Waals surface area contributed by atoms with Crippen LogP contribution in [0, 0.1) is 17.5 Å². The number of hydrogen-bond acceptors (Lipinski definition) is 4. The molecule has 0 spiro atoms. The molecule has 5 rings (SSSR count). The Labute approximate surface area is 212 Å². The number of carbonyl (C=O) groups is 2. The number of likely N-dealkylation sites (N-methyl/N-ethyl adjacent to an activating group) is 1. The predicted octanol–water partition coefficient (Wildman–Crippen LogP) is 3.97. The Balaban J connectivity index is 1.30. The van der Waals surface area contributed by atoms with Crippen LogP contribution in [0.2, 0.25) is 0 Å². The number of nitrogens with zero attached hydrogens (tertiary/aromatic N) is 5. The molecule has 3 aromatic rings. The number of hydrogen-bond donors (Lipinski definition) is 1. The minimum absolute atomic E-state index is 0.0207. The minimum Gasteiger partial charge on any atom is -0.314 e. The van der Waals surface area contributed by atoms with Crippen molar-refractivity contribution in [1.29, 1.82) is 0 Å². The molecule has 1 aromatic heterocycles. The second kappa shape index (κ2) is 9.89. The van der Waals surface area contributed by atoms with Gasteiger partial charge in [0.25, 0.3) is 0 Å². The average molecular weight is 513 g/mol. The topological polar surface area (TPSA) is 73.7 Å². The summed E-state index contributed by atoms with van der Waals surface area (Å²) in [7, 11) is 2.00. The van der Waals surface area contributed by atoms with E-state index in [9.17, 15) is 22.8 Å². The number of anilines is 2. The first-order valence-electron chi connectivity index (χ1n) is 12.0. The summed E-state index contributed by atoms with van der Waals surface area (Å²) in [6.45, 7) is 3.56. The zero-order valence-corrected chi connectivity index (χ0v) is 20.5. The van der Waals surface area contributed by atoms with E-state index in [2.05, 4.69) is 27.4 Å². The van der Waals surface area contributed by atoms with E-state index in [1.165, 1.54) is 4.90 Å². The maximum absolute atomic E-state index is 13.6. The lowest BCUT2D eigenvalue weighted by Gasteiger charge is -2.35. The van der Waals surface area contributed by atoms with Gasteiger partial charge >= 0.3 is 6.03 Å². The normalized spacial score (nSPS) is 19.5. The first-order valence-corrected chi connectivity index (χ1v) is 12.0. The van der Waals surface area contributed by atoms with E-state index in [0.29, 0.717) is 30.9 Å². The van der Waals surface area contributed by atoms with Crippen molar-refractivity contribution in [3.8, 4) is 0 Å². The van der Waals surface area contributed by atoms with Crippen molar-refractivity contribution in [2.24, 2.45) is 0 Å². The van der Waals surface area contributed by atoms with Gasteiger partial charge in [-0.25, -0.2) is 18.0 Å². The molecule has 1 unspecified atom stereocenters. The molecule has 1 N–H and O–H groups in total. The summed E-state index contributed by atoms with van der Waals surface area (Å²) < 4.78 is 42.3. The minimum atomic E-state index is -1.60. The Bertz CT molecular complexity index is 1310. The van der Waals surface area contributed by atoms with E-state index in [1.54, 1.807) is 15.8 Å². The summed E-state index contributed by atoms with van der Waals surface area (Å²) in [5, 5.41) is 6.88. The van der Waals surface area contributed by atoms with Crippen LogP contribution in [0.25, 0.3) is 0 Å². The van der Waals surface area contributed by atoms with Crippen LogP contribution in [0.4, 0.5) is 29.3 Å². The Morgan fingerprint density at radius 3 is 2.54 bits per heavy atom. The SMILES string of the molecule is C[C@H]1Cn2ncc(N3CC(N(C)Cc4ccccc4)CC3=O)c2CN1C(=O)Nc1cc(F)c(F)c(F)c1. The van der Waals surface area contributed by atoms with Gasteiger partial charge < -0.3 is 15.1 Å². The fraction of sp³-hybridized carbons (Fsp3) is 0.346. The van der Waals surface area contributed by atoms with Gasteiger partial charge in [-0.2, -0.15) is 5.10 Å². The molecule has 11 heteroatoms. The van der Waals surface area contributed by atoms with E-state index in [-0.39, 0.29) is 30.2 Å². The molecular weight excluding hydrogens is 485 g/mol. The van der Waals surface area contributed by atoms with Crippen LogP contribution in [0.5, 0.6) is 0 Å². The van der Waals surface area contributed by atoms with Gasteiger partial charge in [0, 0.05) is 43.4 Å². The molecule has 0 radical (unpaired) electrons. The van der Waals surface area contributed by atoms with Gasteiger partial charge in [0.1, 0.15) is 0 Å². The summed E-state index contributed by atoms with van der Waals surface area (Å²) in [4.78, 5) is 31.4. The van der Waals surface area contributed by atoms with Crippen LogP contribution >= 0.6 is 0 Å². The quantitative estimate of drug-likeness (QED) is 0.525. The van der Waals surface area contributed by atoms with Crippen molar-refractivity contribution < 1.29 is 22.8 Å². The van der Waals surface area contributed by atoms with Gasteiger partial charge in [0.05, 0.1) is 36.7 Å². The maximum atomic E-state index is 13.6. The molecule has 2 aliphatic heterocycles. The molecule has 2 aliphatic rings. The number of benzene rings is 2. The third-order valence-corrected chi connectivity index (χ3v) is 7.01. The van der Waals surface area contributed by atoms with Gasteiger partial charge in [-0.15, -0.1) is 0 Å². The van der Waals surface area contributed by atoms with Gasteiger partial charge in [-0.1, -0.05) is 30.3 Å². The second-order valence-corrected chi connectivity index (χ2v) is 9.58. The van der Waals surface area contributed by atoms with E-state index in [4.69, 9.17) is 0 Å². The average Bonchev–Trinajstić information content (AvgIpc) is 3.45. The Kier molecular flexibility index (Phi) is 6.63. The zero-order chi connectivity index (χ0) is 26.3. The maximum Gasteiger partial charge on any atom is 0.322 e. The van der Waals surface area contributed by atoms with Gasteiger partial charge in [-0.3, -0.25) is 14.4 Å². The van der Waals surface area contributed by atoms with E-state index in [0.717, 1.165) is 24.2 Å².